The van der Waals surface area contributed by atoms with Gasteiger partial charge >= 0.3 is 0 Å². The van der Waals surface area contributed by atoms with Gasteiger partial charge in [-0.2, -0.15) is 0 Å². The fraction of sp³-hybridized carbons (Fsp3) is 0.455. The molecule has 0 unspecified atom stereocenters. The molecule has 0 radical (unpaired) electrons. The largest absolute Gasteiger partial charge is 0.324 e. The average molecular weight is 197 g/mol. The van der Waals surface area contributed by atoms with Crippen LogP contribution in [0.25, 0.3) is 0 Å². The number of nitrogens with two attached hydrogens (primary N) is 1. The molecule has 0 aliphatic heterocycles. The summed E-state index contributed by atoms with van der Waals surface area (Å²) in [7, 11) is 0. The van der Waals surface area contributed by atoms with E-state index in [-0.39, 0.29) is 6.04 Å². The third-order valence-electron chi connectivity index (χ3n) is 2.65. The Labute approximate surface area is 81.9 Å². The van der Waals surface area contributed by atoms with E-state index in [0.717, 1.165) is 12.5 Å². The Kier molecular flexibility index (Phi) is 2.50. The highest BCUT2D eigenvalue weighted by molar-refractivity contribution is 5.22. The first-order valence-corrected chi connectivity index (χ1v) is 4.87. The summed E-state index contributed by atoms with van der Waals surface area (Å²) in [5.41, 5.74) is 6.25. The Morgan fingerprint density at radius 1 is 1.36 bits per heavy atom. The quantitative estimate of drug-likeness (QED) is 0.792. The second kappa shape index (κ2) is 3.65. The van der Waals surface area contributed by atoms with Crippen LogP contribution in [-0.4, -0.2) is 0 Å². The first-order chi connectivity index (χ1) is 6.66. The highest BCUT2D eigenvalue weighted by atomic mass is 19.1. The van der Waals surface area contributed by atoms with Gasteiger partial charge in [0.05, 0.1) is 0 Å². The molecule has 1 aromatic rings. The Morgan fingerprint density at radius 2 is 2.07 bits per heavy atom. The molecule has 1 saturated carbocycles. The Balaban J connectivity index is 2.13. The van der Waals surface area contributed by atoms with Crippen LogP contribution >= 0.6 is 0 Å². The standard InChI is InChI=1S/C11H13F2N/c12-8-3-4-9(10(13)6-8)11(14)5-7-1-2-7/h3-4,6-7,11H,1-2,5,14H2/t11-/m1/s1. The molecule has 1 atom stereocenters. The molecule has 1 aromatic carbocycles. The summed E-state index contributed by atoms with van der Waals surface area (Å²) >= 11 is 0. The second-order valence-corrected chi connectivity index (χ2v) is 3.95. The molecule has 1 aliphatic carbocycles. The molecule has 3 heteroatoms. The average Bonchev–Trinajstić information content (AvgIpc) is 2.87. The van der Waals surface area contributed by atoms with Gasteiger partial charge in [-0.05, 0) is 18.4 Å². The van der Waals surface area contributed by atoms with E-state index in [1.807, 2.05) is 0 Å². The number of rotatable bonds is 3. The molecule has 0 amide bonds. The predicted octanol–water partition coefficient (Wildman–Crippen LogP) is 2.76. The molecule has 2 N–H and O–H groups in total. The van der Waals surface area contributed by atoms with Gasteiger partial charge in [-0.15, -0.1) is 0 Å². The van der Waals surface area contributed by atoms with Crippen LogP contribution in [-0.2, 0) is 0 Å². The van der Waals surface area contributed by atoms with Gasteiger partial charge in [0.2, 0.25) is 0 Å². The summed E-state index contributed by atoms with van der Waals surface area (Å²) in [5, 5.41) is 0. The van der Waals surface area contributed by atoms with Crippen molar-refractivity contribution >= 4 is 0 Å². The van der Waals surface area contributed by atoms with E-state index in [4.69, 9.17) is 5.73 Å². The lowest BCUT2D eigenvalue weighted by Crippen LogP contribution is -2.12. The van der Waals surface area contributed by atoms with Crippen LogP contribution in [0, 0.1) is 17.6 Å². The molecule has 0 saturated heterocycles. The maximum atomic E-state index is 13.3. The van der Waals surface area contributed by atoms with Crippen molar-refractivity contribution in [3.63, 3.8) is 0 Å². The molecular formula is C11H13F2N. The lowest BCUT2D eigenvalue weighted by atomic mass is 10.0. The summed E-state index contributed by atoms with van der Waals surface area (Å²) in [6, 6.07) is 3.30. The number of hydrogen-bond donors (Lipinski definition) is 1. The molecule has 1 fully saturated rings. The van der Waals surface area contributed by atoms with Crippen molar-refractivity contribution in [1.82, 2.24) is 0 Å². The van der Waals surface area contributed by atoms with Gasteiger partial charge in [-0.1, -0.05) is 18.9 Å². The van der Waals surface area contributed by atoms with E-state index in [1.54, 1.807) is 0 Å². The van der Waals surface area contributed by atoms with Gasteiger partial charge in [-0.25, -0.2) is 8.78 Å². The molecule has 14 heavy (non-hydrogen) atoms. The van der Waals surface area contributed by atoms with Crippen LogP contribution in [0.15, 0.2) is 18.2 Å². The monoisotopic (exact) mass is 197 g/mol. The third kappa shape index (κ3) is 2.10. The topological polar surface area (TPSA) is 26.0 Å². The lowest BCUT2D eigenvalue weighted by Gasteiger charge is -2.11. The summed E-state index contributed by atoms with van der Waals surface area (Å²) < 4.78 is 25.9. The molecule has 2 rings (SSSR count). The number of benzene rings is 1. The van der Waals surface area contributed by atoms with Crippen molar-refractivity contribution in [3.8, 4) is 0 Å². The molecule has 76 valence electrons. The van der Waals surface area contributed by atoms with Gasteiger partial charge in [0.25, 0.3) is 0 Å². The van der Waals surface area contributed by atoms with Crippen molar-refractivity contribution in [2.75, 3.05) is 0 Å². The molecule has 1 nitrogen and oxygen atoms in total. The predicted molar refractivity (Wildman–Crippen MR) is 50.6 cm³/mol. The zero-order valence-electron chi connectivity index (χ0n) is 7.84. The number of hydrogen-bond acceptors (Lipinski definition) is 1. The smallest absolute Gasteiger partial charge is 0.130 e. The molecule has 0 heterocycles. The zero-order valence-corrected chi connectivity index (χ0v) is 7.84. The summed E-state index contributed by atoms with van der Waals surface area (Å²) in [5.74, 6) is -0.433. The summed E-state index contributed by atoms with van der Waals surface area (Å²) in [6.45, 7) is 0. The van der Waals surface area contributed by atoms with Crippen molar-refractivity contribution in [2.45, 2.75) is 25.3 Å². The van der Waals surface area contributed by atoms with Crippen LogP contribution in [0.5, 0.6) is 0 Å². The number of halogens is 2. The maximum Gasteiger partial charge on any atom is 0.130 e. The SMILES string of the molecule is N[C@H](CC1CC1)c1ccc(F)cc1F. The minimum absolute atomic E-state index is 0.289. The lowest BCUT2D eigenvalue weighted by molar-refractivity contribution is 0.529. The van der Waals surface area contributed by atoms with E-state index in [9.17, 15) is 8.78 Å². The van der Waals surface area contributed by atoms with E-state index >= 15 is 0 Å². The van der Waals surface area contributed by atoms with Crippen molar-refractivity contribution in [3.05, 3.63) is 35.4 Å². The minimum Gasteiger partial charge on any atom is -0.324 e. The fourth-order valence-corrected chi connectivity index (χ4v) is 1.64. The molecule has 0 aromatic heterocycles. The van der Waals surface area contributed by atoms with E-state index < -0.39 is 11.6 Å². The van der Waals surface area contributed by atoms with Gasteiger partial charge in [0.15, 0.2) is 0 Å². The van der Waals surface area contributed by atoms with Gasteiger partial charge < -0.3 is 5.73 Å². The van der Waals surface area contributed by atoms with E-state index in [1.165, 1.54) is 25.0 Å². The molecule has 0 spiro atoms. The molecular weight excluding hydrogens is 184 g/mol. The van der Waals surface area contributed by atoms with Crippen molar-refractivity contribution < 1.29 is 8.78 Å². The molecule has 0 bridgehead atoms. The van der Waals surface area contributed by atoms with Gasteiger partial charge in [-0.3, -0.25) is 0 Å². The van der Waals surface area contributed by atoms with Crippen LogP contribution in [0.4, 0.5) is 8.78 Å². The molecule has 1 aliphatic rings. The third-order valence-corrected chi connectivity index (χ3v) is 2.65. The fourth-order valence-electron chi connectivity index (χ4n) is 1.64. The highest BCUT2D eigenvalue weighted by Crippen LogP contribution is 2.37. The van der Waals surface area contributed by atoms with Crippen LogP contribution < -0.4 is 5.73 Å². The van der Waals surface area contributed by atoms with Crippen molar-refractivity contribution in [2.24, 2.45) is 11.7 Å². The van der Waals surface area contributed by atoms with Crippen LogP contribution in [0.1, 0.15) is 30.9 Å². The first kappa shape index (κ1) is 9.59. The Hall–Kier alpha value is -0.960. The summed E-state index contributed by atoms with van der Waals surface area (Å²) in [6.07, 6.45) is 3.19. The normalized spacial score (nSPS) is 18.2. The zero-order chi connectivity index (χ0) is 10.1. The van der Waals surface area contributed by atoms with Crippen LogP contribution in [0.3, 0.4) is 0 Å². The first-order valence-electron chi connectivity index (χ1n) is 4.87. The highest BCUT2D eigenvalue weighted by Gasteiger charge is 2.25. The van der Waals surface area contributed by atoms with Gasteiger partial charge in [0.1, 0.15) is 11.6 Å². The van der Waals surface area contributed by atoms with Crippen LogP contribution in [0.2, 0.25) is 0 Å². The maximum absolute atomic E-state index is 13.3. The Morgan fingerprint density at radius 3 is 2.64 bits per heavy atom. The second-order valence-electron chi connectivity index (χ2n) is 3.95. The summed E-state index contributed by atoms with van der Waals surface area (Å²) in [4.78, 5) is 0. The van der Waals surface area contributed by atoms with Gasteiger partial charge in [0, 0.05) is 17.7 Å². The van der Waals surface area contributed by atoms with E-state index in [2.05, 4.69) is 0 Å². The minimum atomic E-state index is -0.551. The van der Waals surface area contributed by atoms with Crippen molar-refractivity contribution in [1.29, 1.82) is 0 Å². The Bertz CT molecular complexity index is 334. The van der Waals surface area contributed by atoms with E-state index in [0.29, 0.717) is 11.5 Å².